The van der Waals surface area contributed by atoms with Gasteiger partial charge >= 0.3 is 5.97 Å². The van der Waals surface area contributed by atoms with E-state index in [-0.39, 0.29) is 6.61 Å². The zero-order chi connectivity index (χ0) is 15.2. The number of aliphatic hydroxyl groups is 1. The molecule has 0 amide bonds. The van der Waals surface area contributed by atoms with Gasteiger partial charge in [0.15, 0.2) is 6.10 Å². The maximum absolute atomic E-state index is 11.7. The Labute approximate surface area is 126 Å². The Morgan fingerprint density at radius 3 is 3.00 bits per heavy atom. The SMILES string of the molecule is CCOC(=O)C(O)c1cccc(C2CCCN(C)CC2)c1. The van der Waals surface area contributed by atoms with Gasteiger partial charge in [-0.25, -0.2) is 4.79 Å². The maximum atomic E-state index is 11.7. The molecule has 1 saturated heterocycles. The normalized spacial score (nSPS) is 21.6. The molecule has 2 atom stereocenters. The average molecular weight is 291 g/mol. The molecule has 0 spiro atoms. The van der Waals surface area contributed by atoms with Crippen molar-refractivity contribution in [3.63, 3.8) is 0 Å². The molecule has 4 heteroatoms. The number of hydrogen-bond donors (Lipinski definition) is 1. The second kappa shape index (κ2) is 7.57. The number of hydrogen-bond acceptors (Lipinski definition) is 4. The number of nitrogens with zero attached hydrogens (tertiary/aromatic N) is 1. The highest BCUT2D eigenvalue weighted by Gasteiger charge is 2.21. The van der Waals surface area contributed by atoms with E-state index < -0.39 is 12.1 Å². The molecule has 1 heterocycles. The Morgan fingerprint density at radius 2 is 2.24 bits per heavy atom. The molecule has 0 aromatic heterocycles. The summed E-state index contributed by atoms with van der Waals surface area (Å²) in [6.07, 6.45) is 2.28. The lowest BCUT2D eigenvalue weighted by molar-refractivity contribution is -0.153. The molecule has 1 aromatic rings. The molecule has 1 aliphatic rings. The van der Waals surface area contributed by atoms with Crippen LogP contribution in [0.1, 0.15) is 49.3 Å². The lowest BCUT2D eigenvalue weighted by Gasteiger charge is -2.17. The zero-order valence-electron chi connectivity index (χ0n) is 12.9. The Hall–Kier alpha value is -1.39. The molecule has 116 valence electrons. The van der Waals surface area contributed by atoms with Crippen molar-refractivity contribution in [1.29, 1.82) is 0 Å². The van der Waals surface area contributed by atoms with E-state index in [1.807, 2.05) is 12.1 Å². The van der Waals surface area contributed by atoms with Gasteiger partial charge in [-0.3, -0.25) is 0 Å². The van der Waals surface area contributed by atoms with E-state index >= 15 is 0 Å². The van der Waals surface area contributed by atoms with Crippen molar-refractivity contribution in [2.45, 2.75) is 38.2 Å². The third-order valence-electron chi connectivity index (χ3n) is 4.16. The van der Waals surface area contributed by atoms with E-state index in [0.717, 1.165) is 25.9 Å². The number of rotatable bonds is 4. The Morgan fingerprint density at radius 1 is 1.43 bits per heavy atom. The van der Waals surface area contributed by atoms with Gasteiger partial charge in [-0.2, -0.15) is 0 Å². The van der Waals surface area contributed by atoms with Gasteiger partial charge in [0, 0.05) is 0 Å². The fourth-order valence-electron chi connectivity index (χ4n) is 2.91. The van der Waals surface area contributed by atoms with Crippen molar-refractivity contribution in [3.05, 3.63) is 35.4 Å². The summed E-state index contributed by atoms with van der Waals surface area (Å²) in [7, 11) is 2.16. The molecular formula is C17H25NO3. The van der Waals surface area contributed by atoms with Gasteiger partial charge in [0.1, 0.15) is 0 Å². The van der Waals surface area contributed by atoms with E-state index in [9.17, 15) is 9.90 Å². The van der Waals surface area contributed by atoms with Gasteiger partial charge in [0.2, 0.25) is 0 Å². The first-order valence-corrected chi connectivity index (χ1v) is 7.75. The average Bonchev–Trinajstić information content (AvgIpc) is 2.71. The van der Waals surface area contributed by atoms with Gasteiger partial charge in [-0.1, -0.05) is 24.3 Å². The number of carbonyl (C=O) groups is 1. The molecule has 2 unspecified atom stereocenters. The summed E-state index contributed by atoms with van der Waals surface area (Å²) < 4.78 is 4.88. The fourth-order valence-corrected chi connectivity index (χ4v) is 2.91. The maximum Gasteiger partial charge on any atom is 0.339 e. The summed E-state index contributed by atoms with van der Waals surface area (Å²) in [5.41, 5.74) is 1.84. The highest BCUT2D eigenvalue weighted by molar-refractivity contribution is 5.76. The van der Waals surface area contributed by atoms with Crippen LogP contribution in [-0.2, 0) is 9.53 Å². The van der Waals surface area contributed by atoms with Crippen LogP contribution >= 0.6 is 0 Å². The minimum Gasteiger partial charge on any atom is -0.464 e. The number of likely N-dealkylation sites (tertiary alicyclic amines) is 1. The van der Waals surface area contributed by atoms with Crippen molar-refractivity contribution in [2.75, 3.05) is 26.7 Å². The predicted octanol–water partition coefficient (Wildman–Crippen LogP) is 2.48. The Kier molecular flexibility index (Phi) is 5.76. The van der Waals surface area contributed by atoms with Crippen LogP contribution < -0.4 is 0 Å². The largest absolute Gasteiger partial charge is 0.464 e. The first-order valence-electron chi connectivity index (χ1n) is 7.75. The van der Waals surface area contributed by atoms with Crippen molar-refractivity contribution in [1.82, 2.24) is 4.90 Å². The predicted molar refractivity (Wildman–Crippen MR) is 82.1 cm³/mol. The molecule has 1 N–H and O–H groups in total. The number of ether oxygens (including phenoxy) is 1. The Bertz CT molecular complexity index is 475. The van der Waals surface area contributed by atoms with Crippen LogP contribution in [0, 0.1) is 0 Å². The number of benzene rings is 1. The molecule has 21 heavy (non-hydrogen) atoms. The summed E-state index contributed by atoms with van der Waals surface area (Å²) in [5, 5.41) is 10.1. The van der Waals surface area contributed by atoms with Crippen molar-refractivity contribution >= 4 is 5.97 Å². The molecule has 1 aromatic carbocycles. The molecule has 4 nitrogen and oxygen atoms in total. The van der Waals surface area contributed by atoms with Gasteiger partial charge in [-0.15, -0.1) is 0 Å². The highest BCUT2D eigenvalue weighted by atomic mass is 16.5. The van der Waals surface area contributed by atoms with Gasteiger partial charge in [0.25, 0.3) is 0 Å². The topological polar surface area (TPSA) is 49.8 Å². The van der Waals surface area contributed by atoms with E-state index in [2.05, 4.69) is 18.0 Å². The molecule has 0 aliphatic carbocycles. The van der Waals surface area contributed by atoms with Crippen molar-refractivity contribution < 1.29 is 14.6 Å². The second-order valence-corrected chi connectivity index (χ2v) is 5.76. The molecular weight excluding hydrogens is 266 g/mol. The standard InChI is InChI=1S/C17H25NO3/c1-3-21-17(20)16(19)15-7-4-6-14(12-15)13-8-5-10-18(2)11-9-13/h4,6-7,12-13,16,19H,3,5,8-11H2,1-2H3. The van der Waals surface area contributed by atoms with Gasteiger partial charge in [0.05, 0.1) is 6.61 Å². The zero-order valence-corrected chi connectivity index (χ0v) is 12.9. The fraction of sp³-hybridized carbons (Fsp3) is 0.588. The van der Waals surface area contributed by atoms with Crippen molar-refractivity contribution in [3.8, 4) is 0 Å². The summed E-state index contributed by atoms with van der Waals surface area (Å²) in [4.78, 5) is 14.0. The molecule has 0 bridgehead atoms. The third kappa shape index (κ3) is 4.29. The quantitative estimate of drug-likeness (QED) is 0.866. The summed E-state index contributed by atoms with van der Waals surface area (Å²) in [5.74, 6) is -0.0699. The Balaban J connectivity index is 2.11. The minimum atomic E-state index is -1.18. The van der Waals surface area contributed by atoms with E-state index in [0.29, 0.717) is 11.5 Å². The highest BCUT2D eigenvalue weighted by Crippen LogP contribution is 2.29. The number of esters is 1. The van der Waals surface area contributed by atoms with Crippen LogP contribution in [0.25, 0.3) is 0 Å². The lowest BCUT2D eigenvalue weighted by Crippen LogP contribution is -2.18. The van der Waals surface area contributed by atoms with Gasteiger partial charge in [-0.05, 0) is 63.4 Å². The molecule has 0 saturated carbocycles. The number of carbonyl (C=O) groups excluding carboxylic acids is 1. The molecule has 1 fully saturated rings. The summed E-state index contributed by atoms with van der Waals surface area (Å²) in [6.45, 7) is 4.25. The first kappa shape index (κ1) is 16.0. The summed E-state index contributed by atoms with van der Waals surface area (Å²) >= 11 is 0. The molecule has 2 rings (SSSR count). The van der Waals surface area contributed by atoms with E-state index in [4.69, 9.17) is 4.74 Å². The van der Waals surface area contributed by atoms with Crippen molar-refractivity contribution in [2.24, 2.45) is 0 Å². The van der Waals surface area contributed by atoms with Gasteiger partial charge < -0.3 is 14.7 Å². The van der Waals surface area contributed by atoms with Crippen LogP contribution in [0.4, 0.5) is 0 Å². The minimum absolute atomic E-state index is 0.282. The molecule has 0 radical (unpaired) electrons. The monoisotopic (exact) mass is 291 g/mol. The van der Waals surface area contributed by atoms with Crippen LogP contribution in [0.5, 0.6) is 0 Å². The smallest absolute Gasteiger partial charge is 0.339 e. The van der Waals surface area contributed by atoms with Crippen LogP contribution in [-0.4, -0.2) is 42.7 Å². The number of aliphatic hydroxyl groups excluding tert-OH is 1. The van der Waals surface area contributed by atoms with E-state index in [1.165, 1.54) is 12.0 Å². The van der Waals surface area contributed by atoms with Crippen LogP contribution in [0.15, 0.2) is 24.3 Å². The van der Waals surface area contributed by atoms with Crippen LogP contribution in [0.2, 0.25) is 0 Å². The van der Waals surface area contributed by atoms with E-state index in [1.54, 1.807) is 13.0 Å². The first-order chi connectivity index (χ1) is 10.1. The lowest BCUT2D eigenvalue weighted by atomic mass is 9.90. The molecule has 1 aliphatic heterocycles. The second-order valence-electron chi connectivity index (χ2n) is 5.76. The third-order valence-corrected chi connectivity index (χ3v) is 4.16. The van der Waals surface area contributed by atoms with Crippen LogP contribution in [0.3, 0.4) is 0 Å². The summed E-state index contributed by atoms with van der Waals surface area (Å²) in [6, 6.07) is 7.75.